The predicted molar refractivity (Wildman–Crippen MR) is 45.9 cm³/mol. The fraction of sp³-hybridized carbons (Fsp3) is 0. The van der Waals surface area contributed by atoms with Crippen LogP contribution in [0.25, 0.3) is 0 Å². The van der Waals surface area contributed by atoms with Gasteiger partial charge in [0.25, 0.3) is 0 Å². The van der Waals surface area contributed by atoms with Crippen LogP contribution in [0.15, 0.2) is 12.3 Å². The number of anilines is 1. The van der Waals surface area contributed by atoms with E-state index < -0.39 is 6.09 Å². The highest BCUT2D eigenvalue weighted by molar-refractivity contribution is 6.34. The van der Waals surface area contributed by atoms with E-state index in [2.05, 4.69) is 10.3 Å². The van der Waals surface area contributed by atoms with Crippen molar-refractivity contribution in [2.75, 3.05) is 5.32 Å². The maximum absolute atomic E-state index is 10.2. The maximum atomic E-state index is 10.2. The van der Waals surface area contributed by atoms with E-state index in [1.54, 1.807) is 0 Å². The van der Waals surface area contributed by atoms with Crippen molar-refractivity contribution in [2.24, 2.45) is 0 Å². The van der Waals surface area contributed by atoms with Gasteiger partial charge < -0.3 is 5.11 Å². The maximum Gasteiger partial charge on any atom is 0.409 e. The number of nitrogens with one attached hydrogen (secondary N) is 1. The zero-order valence-corrected chi connectivity index (χ0v) is 7.23. The fourth-order valence-electron chi connectivity index (χ4n) is 0.624. The van der Waals surface area contributed by atoms with E-state index in [1.165, 1.54) is 12.3 Å². The summed E-state index contributed by atoms with van der Waals surface area (Å²) in [7, 11) is 0. The molecule has 2 N–H and O–H groups in total. The Morgan fingerprint density at radius 2 is 2.25 bits per heavy atom. The minimum absolute atomic E-state index is 0.183. The number of amides is 1. The first-order chi connectivity index (χ1) is 5.59. The molecule has 0 aromatic carbocycles. The van der Waals surface area contributed by atoms with E-state index in [0.29, 0.717) is 0 Å². The Balaban J connectivity index is 2.97. The van der Waals surface area contributed by atoms with Gasteiger partial charge in [-0.25, -0.2) is 9.78 Å². The Morgan fingerprint density at radius 3 is 2.83 bits per heavy atom. The first-order valence-corrected chi connectivity index (χ1v) is 3.66. The molecule has 1 rings (SSSR count). The summed E-state index contributed by atoms with van der Waals surface area (Å²) < 4.78 is 0. The molecule has 12 heavy (non-hydrogen) atoms. The number of aromatic nitrogens is 1. The zero-order valence-electron chi connectivity index (χ0n) is 5.71. The average Bonchev–Trinajstić information content (AvgIpc) is 1.96. The van der Waals surface area contributed by atoms with Gasteiger partial charge in [0.1, 0.15) is 5.15 Å². The first kappa shape index (κ1) is 9.09. The van der Waals surface area contributed by atoms with Gasteiger partial charge in [0.05, 0.1) is 10.7 Å². The summed E-state index contributed by atoms with van der Waals surface area (Å²) in [5.74, 6) is 0. The van der Waals surface area contributed by atoms with Crippen molar-refractivity contribution in [3.05, 3.63) is 22.4 Å². The molecule has 0 spiro atoms. The SMILES string of the molecule is O=C(O)Nc1cc(Cl)ncc1Cl. The molecule has 1 aromatic heterocycles. The summed E-state index contributed by atoms with van der Waals surface area (Å²) in [5, 5.41) is 10.8. The van der Waals surface area contributed by atoms with Crippen molar-refractivity contribution in [3.63, 3.8) is 0 Å². The van der Waals surface area contributed by atoms with E-state index in [9.17, 15) is 4.79 Å². The molecular weight excluding hydrogens is 203 g/mol. The van der Waals surface area contributed by atoms with Crippen LogP contribution in [0, 0.1) is 0 Å². The summed E-state index contributed by atoms with van der Waals surface area (Å²) in [6.45, 7) is 0. The van der Waals surface area contributed by atoms with Gasteiger partial charge in [0.2, 0.25) is 0 Å². The van der Waals surface area contributed by atoms with E-state index in [0.717, 1.165) is 0 Å². The van der Waals surface area contributed by atoms with Crippen molar-refractivity contribution < 1.29 is 9.90 Å². The van der Waals surface area contributed by atoms with E-state index in [1.807, 2.05) is 0 Å². The molecular formula is C6H4Cl2N2O2. The van der Waals surface area contributed by atoms with Gasteiger partial charge in [-0.2, -0.15) is 0 Å². The van der Waals surface area contributed by atoms with Gasteiger partial charge in [-0.1, -0.05) is 23.2 Å². The Bertz CT molecular complexity index is 316. The summed E-state index contributed by atoms with van der Waals surface area (Å²) in [4.78, 5) is 13.8. The van der Waals surface area contributed by atoms with Crippen molar-refractivity contribution >= 4 is 35.0 Å². The van der Waals surface area contributed by atoms with Gasteiger partial charge in [-0.15, -0.1) is 0 Å². The molecule has 4 nitrogen and oxygen atoms in total. The molecule has 0 fully saturated rings. The normalized spacial score (nSPS) is 9.50. The number of nitrogens with zero attached hydrogens (tertiary/aromatic N) is 1. The fourth-order valence-corrected chi connectivity index (χ4v) is 0.933. The topological polar surface area (TPSA) is 62.2 Å². The van der Waals surface area contributed by atoms with Crippen LogP contribution in [0.4, 0.5) is 10.5 Å². The van der Waals surface area contributed by atoms with Crippen LogP contribution in [0.1, 0.15) is 0 Å². The molecule has 64 valence electrons. The van der Waals surface area contributed by atoms with Gasteiger partial charge >= 0.3 is 6.09 Å². The number of hydrogen-bond acceptors (Lipinski definition) is 2. The van der Waals surface area contributed by atoms with Crippen molar-refractivity contribution in [1.82, 2.24) is 4.98 Å². The number of pyridine rings is 1. The summed E-state index contributed by atoms with van der Waals surface area (Å²) in [5.41, 5.74) is 0.226. The third kappa shape index (κ3) is 2.25. The van der Waals surface area contributed by atoms with Crippen LogP contribution in [-0.4, -0.2) is 16.2 Å². The van der Waals surface area contributed by atoms with Gasteiger partial charge in [-0.05, 0) is 0 Å². The van der Waals surface area contributed by atoms with Crippen LogP contribution in [0.2, 0.25) is 10.2 Å². The number of rotatable bonds is 1. The van der Waals surface area contributed by atoms with E-state index in [-0.39, 0.29) is 15.9 Å². The number of halogens is 2. The van der Waals surface area contributed by atoms with Crippen molar-refractivity contribution in [1.29, 1.82) is 0 Å². The summed E-state index contributed by atoms with van der Waals surface area (Å²) in [6.07, 6.45) is 0.0778. The monoisotopic (exact) mass is 206 g/mol. The lowest BCUT2D eigenvalue weighted by atomic mass is 10.4. The molecule has 1 amide bonds. The second kappa shape index (κ2) is 3.60. The molecule has 0 aliphatic heterocycles. The average molecular weight is 207 g/mol. The van der Waals surface area contributed by atoms with Gasteiger partial charge in [0, 0.05) is 12.3 Å². The molecule has 1 heterocycles. The quantitative estimate of drug-likeness (QED) is 0.695. The van der Waals surface area contributed by atoms with E-state index in [4.69, 9.17) is 28.3 Å². The van der Waals surface area contributed by atoms with E-state index >= 15 is 0 Å². The highest BCUT2D eigenvalue weighted by Gasteiger charge is 2.04. The van der Waals surface area contributed by atoms with Crippen molar-refractivity contribution in [3.8, 4) is 0 Å². The molecule has 0 atom stereocenters. The highest BCUT2D eigenvalue weighted by Crippen LogP contribution is 2.22. The Morgan fingerprint density at radius 1 is 1.58 bits per heavy atom. The largest absolute Gasteiger partial charge is 0.465 e. The minimum atomic E-state index is -1.20. The molecule has 0 saturated heterocycles. The third-order valence-corrected chi connectivity index (χ3v) is 1.57. The summed E-state index contributed by atoms with van der Waals surface area (Å²) in [6, 6.07) is 1.33. The standard InChI is InChI=1S/C6H4Cl2N2O2/c7-3-2-9-5(8)1-4(3)10-6(11)12/h1-2H,(H,9,10)(H,11,12). The van der Waals surface area contributed by atoms with Crippen LogP contribution < -0.4 is 5.32 Å². The number of carboxylic acid groups (broad SMARTS) is 1. The molecule has 0 aliphatic carbocycles. The second-order valence-corrected chi connectivity index (χ2v) is 2.71. The predicted octanol–water partition coefficient (Wildman–Crippen LogP) is 2.48. The first-order valence-electron chi connectivity index (χ1n) is 2.90. The van der Waals surface area contributed by atoms with Gasteiger partial charge in [0.15, 0.2) is 0 Å². The van der Waals surface area contributed by atoms with Crippen LogP contribution in [0.3, 0.4) is 0 Å². The lowest BCUT2D eigenvalue weighted by Gasteiger charge is -2.02. The van der Waals surface area contributed by atoms with Crippen LogP contribution >= 0.6 is 23.2 Å². The zero-order chi connectivity index (χ0) is 9.14. The van der Waals surface area contributed by atoms with Gasteiger partial charge in [-0.3, -0.25) is 5.32 Å². The van der Waals surface area contributed by atoms with Crippen LogP contribution in [-0.2, 0) is 0 Å². The highest BCUT2D eigenvalue weighted by atomic mass is 35.5. The molecule has 0 unspecified atom stereocenters. The van der Waals surface area contributed by atoms with Crippen LogP contribution in [0.5, 0.6) is 0 Å². The molecule has 0 bridgehead atoms. The Labute approximate surface area is 78.1 Å². The molecule has 0 radical (unpaired) electrons. The molecule has 6 heteroatoms. The summed E-state index contributed by atoms with van der Waals surface area (Å²) >= 11 is 11.1. The van der Waals surface area contributed by atoms with Crippen molar-refractivity contribution in [2.45, 2.75) is 0 Å². The number of carbonyl (C=O) groups is 1. The minimum Gasteiger partial charge on any atom is -0.465 e. The molecule has 0 aliphatic rings. The lowest BCUT2D eigenvalue weighted by molar-refractivity contribution is 0.210. The molecule has 1 aromatic rings. The molecule has 0 saturated carbocycles. The third-order valence-electron chi connectivity index (χ3n) is 1.06. The Kier molecular flexibility index (Phi) is 2.73. The Hall–Kier alpha value is -1.00. The second-order valence-electron chi connectivity index (χ2n) is 1.92. The smallest absolute Gasteiger partial charge is 0.409 e. The number of hydrogen-bond donors (Lipinski definition) is 2. The lowest BCUT2D eigenvalue weighted by Crippen LogP contribution is -2.07.